The van der Waals surface area contributed by atoms with Crippen molar-refractivity contribution in [3.05, 3.63) is 35.9 Å². The van der Waals surface area contributed by atoms with Crippen molar-refractivity contribution in [2.24, 2.45) is 0 Å². The van der Waals surface area contributed by atoms with Crippen LogP contribution < -0.4 is 0 Å². The van der Waals surface area contributed by atoms with E-state index in [0.29, 0.717) is 0 Å². The molecule has 0 saturated heterocycles. The molecular formula is C9H14BO2. The van der Waals surface area contributed by atoms with Crippen molar-refractivity contribution in [2.75, 3.05) is 0 Å². The summed E-state index contributed by atoms with van der Waals surface area (Å²) in [4.78, 5) is 0. The SMILES string of the molecule is CCCc1ccccc1.O[B]O. The van der Waals surface area contributed by atoms with Crippen LogP contribution in [0.25, 0.3) is 0 Å². The van der Waals surface area contributed by atoms with Crippen LogP contribution in [0.2, 0.25) is 0 Å². The zero-order valence-electron chi connectivity index (χ0n) is 7.27. The molecule has 1 aromatic carbocycles. The molecule has 0 aromatic heterocycles. The molecule has 65 valence electrons. The van der Waals surface area contributed by atoms with Crippen molar-refractivity contribution in [1.29, 1.82) is 0 Å². The molecular weight excluding hydrogens is 151 g/mol. The normalized spacial score (nSPS) is 8.25. The molecule has 12 heavy (non-hydrogen) atoms. The molecule has 0 fully saturated rings. The van der Waals surface area contributed by atoms with Gasteiger partial charge >= 0.3 is 7.69 Å². The third-order valence-electron chi connectivity index (χ3n) is 1.38. The van der Waals surface area contributed by atoms with E-state index in [-0.39, 0.29) is 7.69 Å². The molecule has 1 rings (SSSR count). The number of aryl methyl sites for hydroxylation is 1. The van der Waals surface area contributed by atoms with E-state index in [1.165, 1.54) is 18.4 Å². The van der Waals surface area contributed by atoms with Crippen molar-refractivity contribution in [1.82, 2.24) is 0 Å². The van der Waals surface area contributed by atoms with Gasteiger partial charge < -0.3 is 10.0 Å². The first-order chi connectivity index (χ1) is 5.85. The lowest BCUT2D eigenvalue weighted by Gasteiger charge is -1.93. The summed E-state index contributed by atoms with van der Waals surface area (Å²) in [6, 6.07) is 10.6. The van der Waals surface area contributed by atoms with Gasteiger partial charge in [0, 0.05) is 0 Å². The van der Waals surface area contributed by atoms with Gasteiger partial charge in [0.1, 0.15) is 0 Å². The van der Waals surface area contributed by atoms with Gasteiger partial charge in [-0.05, 0) is 12.0 Å². The van der Waals surface area contributed by atoms with Gasteiger partial charge in [0.2, 0.25) is 0 Å². The van der Waals surface area contributed by atoms with E-state index < -0.39 is 0 Å². The lowest BCUT2D eigenvalue weighted by atomic mass is 10.1. The minimum absolute atomic E-state index is 0. The second kappa shape index (κ2) is 8.30. The molecule has 0 aliphatic carbocycles. The van der Waals surface area contributed by atoms with Crippen LogP contribution in [0.15, 0.2) is 30.3 Å². The number of rotatable bonds is 2. The van der Waals surface area contributed by atoms with Crippen LogP contribution in [-0.4, -0.2) is 17.7 Å². The first kappa shape index (κ1) is 11.2. The minimum Gasteiger partial charge on any atom is -0.429 e. The molecule has 3 heteroatoms. The van der Waals surface area contributed by atoms with Gasteiger partial charge in [-0.25, -0.2) is 0 Å². The topological polar surface area (TPSA) is 40.5 Å². The van der Waals surface area contributed by atoms with Gasteiger partial charge in [-0.1, -0.05) is 43.7 Å². The van der Waals surface area contributed by atoms with E-state index in [9.17, 15) is 0 Å². The third-order valence-corrected chi connectivity index (χ3v) is 1.38. The Morgan fingerprint density at radius 3 is 2.08 bits per heavy atom. The largest absolute Gasteiger partial charge is 0.482 e. The van der Waals surface area contributed by atoms with Crippen molar-refractivity contribution < 1.29 is 10.0 Å². The lowest BCUT2D eigenvalue weighted by Crippen LogP contribution is -1.78. The second-order valence-corrected chi connectivity index (χ2v) is 2.35. The molecule has 0 aliphatic rings. The summed E-state index contributed by atoms with van der Waals surface area (Å²) in [5, 5.41) is 14.0. The van der Waals surface area contributed by atoms with E-state index in [1.54, 1.807) is 0 Å². The summed E-state index contributed by atoms with van der Waals surface area (Å²) in [7, 11) is 0. The highest BCUT2D eigenvalue weighted by atomic mass is 16.4. The molecule has 0 unspecified atom stereocenters. The van der Waals surface area contributed by atoms with Gasteiger partial charge in [0.15, 0.2) is 0 Å². The van der Waals surface area contributed by atoms with Crippen LogP contribution in [0.5, 0.6) is 0 Å². The van der Waals surface area contributed by atoms with Gasteiger partial charge in [-0.2, -0.15) is 0 Å². The fraction of sp³-hybridized carbons (Fsp3) is 0.333. The summed E-state index contributed by atoms with van der Waals surface area (Å²) < 4.78 is 0. The average molecular weight is 165 g/mol. The van der Waals surface area contributed by atoms with E-state index in [2.05, 4.69) is 37.3 Å². The fourth-order valence-corrected chi connectivity index (χ4v) is 0.933. The summed E-state index contributed by atoms with van der Waals surface area (Å²) >= 11 is 0. The predicted molar refractivity (Wildman–Crippen MR) is 50.6 cm³/mol. The number of hydrogen-bond acceptors (Lipinski definition) is 2. The summed E-state index contributed by atoms with van der Waals surface area (Å²) in [6.07, 6.45) is 2.45. The van der Waals surface area contributed by atoms with Gasteiger partial charge in [-0.3, -0.25) is 0 Å². The van der Waals surface area contributed by atoms with Crippen molar-refractivity contribution in [2.45, 2.75) is 19.8 Å². The zero-order chi connectivity index (χ0) is 9.23. The molecule has 0 amide bonds. The lowest BCUT2D eigenvalue weighted by molar-refractivity contribution is 0.448. The minimum atomic E-state index is 0. The van der Waals surface area contributed by atoms with Crippen LogP contribution >= 0.6 is 0 Å². The van der Waals surface area contributed by atoms with Crippen LogP contribution in [0.1, 0.15) is 18.9 Å². The average Bonchev–Trinajstić information content (AvgIpc) is 2.08. The van der Waals surface area contributed by atoms with Gasteiger partial charge in [-0.15, -0.1) is 0 Å². The maximum atomic E-state index is 7.00. The first-order valence-electron chi connectivity index (χ1n) is 3.99. The molecule has 0 aliphatic heterocycles. The van der Waals surface area contributed by atoms with E-state index in [0.717, 1.165) is 0 Å². The van der Waals surface area contributed by atoms with Crippen molar-refractivity contribution in [3.63, 3.8) is 0 Å². The van der Waals surface area contributed by atoms with Crippen LogP contribution in [0.3, 0.4) is 0 Å². The highest BCUT2D eigenvalue weighted by molar-refractivity contribution is 6.13. The van der Waals surface area contributed by atoms with Crippen LogP contribution in [-0.2, 0) is 6.42 Å². The Morgan fingerprint density at radius 2 is 1.67 bits per heavy atom. The molecule has 0 heterocycles. The van der Waals surface area contributed by atoms with Crippen LogP contribution in [0.4, 0.5) is 0 Å². The number of hydrogen-bond donors (Lipinski definition) is 2. The second-order valence-electron chi connectivity index (χ2n) is 2.35. The molecule has 2 N–H and O–H groups in total. The molecule has 1 aromatic rings. The summed E-state index contributed by atoms with van der Waals surface area (Å²) in [5.74, 6) is 0. The smallest absolute Gasteiger partial charge is 0.429 e. The van der Waals surface area contributed by atoms with E-state index in [4.69, 9.17) is 10.0 Å². The Hall–Kier alpha value is -0.795. The molecule has 0 atom stereocenters. The maximum Gasteiger partial charge on any atom is 0.482 e. The Labute approximate surface area is 74.2 Å². The van der Waals surface area contributed by atoms with Crippen molar-refractivity contribution >= 4 is 7.69 Å². The highest BCUT2D eigenvalue weighted by Crippen LogP contribution is 2.00. The quantitative estimate of drug-likeness (QED) is 0.645. The van der Waals surface area contributed by atoms with Crippen LogP contribution in [0, 0.1) is 0 Å². The Balaban J connectivity index is 0.000000354. The monoisotopic (exact) mass is 165 g/mol. The maximum absolute atomic E-state index is 7.00. The fourth-order valence-electron chi connectivity index (χ4n) is 0.933. The van der Waals surface area contributed by atoms with E-state index >= 15 is 0 Å². The van der Waals surface area contributed by atoms with E-state index in [1.807, 2.05) is 0 Å². The first-order valence-corrected chi connectivity index (χ1v) is 3.99. The third kappa shape index (κ3) is 5.95. The molecule has 2 nitrogen and oxygen atoms in total. The summed E-state index contributed by atoms with van der Waals surface area (Å²) in [5.41, 5.74) is 1.44. The summed E-state index contributed by atoms with van der Waals surface area (Å²) in [6.45, 7) is 2.20. The van der Waals surface area contributed by atoms with Crippen molar-refractivity contribution in [3.8, 4) is 0 Å². The Kier molecular flexibility index (Phi) is 7.75. The molecule has 0 bridgehead atoms. The van der Waals surface area contributed by atoms with Gasteiger partial charge in [0.25, 0.3) is 0 Å². The highest BCUT2D eigenvalue weighted by Gasteiger charge is 1.84. The Morgan fingerprint density at radius 1 is 1.17 bits per heavy atom. The zero-order valence-corrected chi connectivity index (χ0v) is 7.27. The van der Waals surface area contributed by atoms with Gasteiger partial charge in [0.05, 0.1) is 0 Å². The molecule has 0 spiro atoms. The number of benzene rings is 1. The Bertz CT molecular complexity index is 177. The molecule has 0 saturated carbocycles. The molecule has 1 radical (unpaired) electrons. The predicted octanol–water partition coefficient (Wildman–Crippen LogP) is 1.14. The standard InChI is InChI=1S/C9H12.BH2O2/c1-2-6-9-7-4-3-5-8-9;2-1-3/h3-5,7-8H,2,6H2,1H3;2-3H.